The van der Waals surface area contributed by atoms with E-state index in [1.54, 1.807) is 6.20 Å². The number of hydrogen-bond acceptors (Lipinski definition) is 4. The van der Waals surface area contributed by atoms with Gasteiger partial charge in [-0.2, -0.15) is 5.26 Å². The molecular weight excluding hydrogens is 404 g/mol. The molecule has 0 aliphatic heterocycles. The molecule has 0 unspecified atom stereocenters. The van der Waals surface area contributed by atoms with Crippen molar-refractivity contribution in [2.45, 2.75) is 130 Å². The summed E-state index contributed by atoms with van der Waals surface area (Å²) in [5.74, 6) is 0. The predicted molar refractivity (Wildman–Crippen MR) is 144 cm³/mol. The number of hydrogen-bond donors (Lipinski definition) is 2. The van der Waals surface area contributed by atoms with Crippen LogP contribution in [0.15, 0.2) is 24.5 Å². The van der Waals surface area contributed by atoms with Crippen LogP contribution in [0, 0.1) is 11.3 Å². The van der Waals surface area contributed by atoms with Gasteiger partial charge in [-0.3, -0.25) is 4.98 Å². The molecule has 0 radical (unpaired) electrons. The van der Waals surface area contributed by atoms with E-state index >= 15 is 0 Å². The summed E-state index contributed by atoms with van der Waals surface area (Å²) in [4.78, 5) is 3.98. The first-order valence-corrected chi connectivity index (χ1v) is 14.0. The Morgan fingerprint density at radius 2 is 1.21 bits per heavy atom. The van der Waals surface area contributed by atoms with Crippen LogP contribution in [-0.2, 0) is 6.54 Å². The molecule has 0 amide bonds. The van der Waals surface area contributed by atoms with Crippen molar-refractivity contribution in [1.82, 2.24) is 15.6 Å². The molecule has 0 aromatic carbocycles. The lowest BCUT2D eigenvalue weighted by molar-refractivity contribution is 0.532. The lowest BCUT2D eigenvalue weighted by atomic mass is 10.1. The topological polar surface area (TPSA) is 60.7 Å². The first kappa shape index (κ1) is 31.6. The Balaban J connectivity index is 0.000000716. The van der Waals surface area contributed by atoms with Crippen molar-refractivity contribution >= 4 is 0 Å². The molecule has 1 aromatic rings. The lowest BCUT2D eigenvalue weighted by Crippen LogP contribution is -2.16. The van der Waals surface area contributed by atoms with E-state index in [2.05, 4.69) is 35.5 Å². The number of nitrogens with one attached hydrogen (secondary N) is 2. The molecule has 0 spiro atoms. The van der Waals surface area contributed by atoms with E-state index in [4.69, 9.17) is 5.26 Å². The number of unbranched alkanes of at least 4 members (excludes halogenated alkanes) is 14. The molecule has 190 valence electrons. The normalized spacial score (nSPS) is 10.5. The third kappa shape index (κ3) is 26.7. The first-order chi connectivity index (χ1) is 16.3. The van der Waals surface area contributed by atoms with Crippen LogP contribution >= 0.6 is 0 Å². The second-order valence-electron chi connectivity index (χ2n) is 9.15. The van der Waals surface area contributed by atoms with E-state index in [0.29, 0.717) is 6.42 Å². The Bertz CT molecular complexity index is 494. The van der Waals surface area contributed by atoms with Crippen LogP contribution in [0.25, 0.3) is 0 Å². The van der Waals surface area contributed by atoms with Crippen molar-refractivity contribution in [3.8, 4) is 6.07 Å². The molecule has 1 heterocycles. The summed E-state index contributed by atoms with van der Waals surface area (Å²) in [7, 11) is 0. The summed E-state index contributed by atoms with van der Waals surface area (Å²) >= 11 is 0. The summed E-state index contributed by atoms with van der Waals surface area (Å²) in [5.41, 5.74) is 1.15. The Morgan fingerprint density at radius 1 is 0.697 bits per heavy atom. The molecule has 1 aromatic heterocycles. The van der Waals surface area contributed by atoms with Crippen molar-refractivity contribution in [1.29, 1.82) is 5.26 Å². The number of nitriles is 1. The summed E-state index contributed by atoms with van der Waals surface area (Å²) in [6.07, 6.45) is 27.0. The van der Waals surface area contributed by atoms with Crippen LogP contribution in [0.4, 0.5) is 0 Å². The standard InChI is InChI=1S/C20H43N.C9H11N3/c1-3-5-7-9-11-13-15-17-19-21-20-18-16-14-12-10-8-6-4-2;10-4-2-6-12-8-9-3-1-5-11-7-9/h21H,3-20H2,1-2H3;1,3,5,7,12H,2,6,8H2. The van der Waals surface area contributed by atoms with Crippen molar-refractivity contribution in [2.24, 2.45) is 0 Å². The molecule has 2 N–H and O–H groups in total. The highest BCUT2D eigenvalue weighted by Crippen LogP contribution is 2.09. The molecule has 4 nitrogen and oxygen atoms in total. The van der Waals surface area contributed by atoms with E-state index in [-0.39, 0.29) is 0 Å². The van der Waals surface area contributed by atoms with Gasteiger partial charge < -0.3 is 10.6 Å². The molecule has 0 atom stereocenters. The van der Waals surface area contributed by atoms with Gasteiger partial charge in [0, 0.05) is 31.9 Å². The maximum atomic E-state index is 8.26. The van der Waals surface area contributed by atoms with E-state index in [1.165, 1.54) is 116 Å². The molecule has 0 aliphatic rings. The van der Waals surface area contributed by atoms with Crippen molar-refractivity contribution in [2.75, 3.05) is 19.6 Å². The molecule has 0 bridgehead atoms. The minimum atomic E-state index is 0.556. The van der Waals surface area contributed by atoms with Gasteiger partial charge in [-0.25, -0.2) is 0 Å². The maximum Gasteiger partial charge on any atom is 0.0635 e. The molecule has 4 heteroatoms. The van der Waals surface area contributed by atoms with Gasteiger partial charge in [-0.1, -0.05) is 110 Å². The van der Waals surface area contributed by atoms with Gasteiger partial charge in [0.05, 0.1) is 6.07 Å². The first-order valence-electron chi connectivity index (χ1n) is 14.0. The van der Waals surface area contributed by atoms with Gasteiger partial charge in [0.1, 0.15) is 0 Å². The van der Waals surface area contributed by atoms with Crippen LogP contribution < -0.4 is 10.6 Å². The highest BCUT2D eigenvalue weighted by Gasteiger charge is 1.94. The Morgan fingerprint density at radius 3 is 1.67 bits per heavy atom. The number of aromatic nitrogens is 1. The van der Waals surface area contributed by atoms with Gasteiger partial charge in [0.25, 0.3) is 0 Å². The van der Waals surface area contributed by atoms with Crippen molar-refractivity contribution in [3.05, 3.63) is 30.1 Å². The maximum absolute atomic E-state index is 8.26. The average molecular weight is 459 g/mol. The largest absolute Gasteiger partial charge is 0.317 e. The SMILES string of the molecule is CCCCCCCCCCNCCCCCCCCCC.N#CCCNCc1cccnc1. The third-order valence-corrected chi connectivity index (χ3v) is 5.88. The monoisotopic (exact) mass is 458 g/mol. The van der Waals surface area contributed by atoms with Crippen molar-refractivity contribution in [3.63, 3.8) is 0 Å². The molecule has 0 saturated carbocycles. The number of nitrogens with zero attached hydrogens (tertiary/aromatic N) is 2. The third-order valence-electron chi connectivity index (χ3n) is 5.88. The number of pyridine rings is 1. The molecule has 0 aliphatic carbocycles. The Hall–Kier alpha value is -1.44. The van der Waals surface area contributed by atoms with Gasteiger partial charge >= 0.3 is 0 Å². The highest BCUT2D eigenvalue weighted by atomic mass is 14.8. The minimum Gasteiger partial charge on any atom is -0.317 e. The summed E-state index contributed by atoms with van der Waals surface area (Å²) in [5, 5.41) is 15.0. The minimum absolute atomic E-state index is 0.556. The van der Waals surface area contributed by atoms with Crippen LogP contribution in [0.5, 0.6) is 0 Å². The average Bonchev–Trinajstić information content (AvgIpc) is 2.85. The fourth-order valence-corrected chi connectivity index (χ4v) is 3.77. The smallest absolute Gasteiger partial charge is 0.0635 e. The molecule has 33 heavy (non-hydrogen) atoms. The Labute approximate surface area is 206 Å². The Kier molecular flexibility index (Phi) is 27.3. The fraction of sp³-hybridized carbons (Fsp3) is 0.793. The molecule has 1 rings (SSSR count). The van der Waals surface area contributed by atoms with Crippen LogP contribution in [0.3, 0.4) is 0 Å². The van der Waals surface area contributed by atoms with E-state index < -0.39 is 0 Å². The van der Waals surface area contributed by atoms with E-state index in [0.717, 1.165) is 18.7 Å². The second kappa shape index (κ2) is 28.6. The van der Waals surface area contributed by atoms with E-state index in [9.17, 15) is 0 Å². The quantitative estimate of drug-likeness (QED) is 0.173. The lowest BCUT2D eigenvalue weighted by Gasteiger charge is -2.05. The van der Waals surface area contributed by atoms with Crippen LogP contribution in [0.1, 0.15) is 129 Å². The highest BCUT2D eigenvalue weighted by molar-refractivity contribution is 5.07. The molecule has 0 fully saturated rings. The molecule has 0 saturated heterocycles. The van der Waals surface area contributed by atoms with Gasteiger partial charge in [0.2, 0.25) is 0 Å². The van der Waals surface area contributed by atoms with Crippen LogP contribution in [0.2, 0.25) is 0 Å². The summed E-state index contributed by atoms with van der Waals surface area (Å²) < 4.78 is 0. The molecular formula is C29H54N4. The second-order valence-corrected chi connectivity index (χ2v) is 9.15. The van der Waals surface area contributed by atoms with Gasteiger partial charge in [-0.15, -0.1) is 0 Å². The van der Waals surface area contributed by atoms with E-state index in [1.807, 2.05) is 18.3 Å². The zero-order valence-corrected chi connectivity index (χ0v) is 22.1. The zero-order valence-electron chi connectivity index (χ0n) is 22.1. The number of rotatable bonds is 22. The predicted octanol–water partition coefficient (Wildman–Crippen LogP) is 7.94. The van der Waals surface area contributed by atoms with Gasteiger partial charge in [-0.05, 0) is 37.6 Å². The van der Waals surface area contributed by atoms with Crippen molar-refractivity contribution < 1.29 is 0 Å². The van der Waals surface area contributed by atoms with Gasteiger partial charge in [0.15, 0.2) is 0 Å². The zero-order chi connectivity index (χ0) is 24.1. The fourth-order valence-electron chi connectivity index (χ4n) is 3.77. The van der Waals surface area contributed by atoms with Crippen LogP contribution in [-0.4, -0.2) is 24.6 Å². The summed E-state index contributed by atoms with van der Waals surface area (Å²) in [6.45, 7) is 8.59. The summed E-state index contributed by atoms with van der Waals surface area (Å²) in [6, 6.07) is 5.99.